The fourth-order valence-electron chi connectivity index (χ4n) is 1.46. The van der Waals surface area contributed by atoms with Gasteiger partial charge in [-0.15, -0.1) is 0 Å². The van der Waals surface area contributed by atoms with Crippen LogP contribution in [0.5, 0.6) is 11.5 Å². The summed E-state index contributed by atoms with van der Waals surface area (Å²) in [6.45, 7) is 0.484. The second-order valence-electron chi connectivity index (χ2n) is 3.59. The Morgan fingerprint density at radius 3 is 2.41 bits per heavy atom. The van der Waals surface area contributed by atoms with E-state index in [4.69, 9.17) is 4.74 Å². The molecule has 2 aromatic rings. The van der Waals surface area contributed by atoms with Crippen LogP contribution in [-0.4, -0.2) is 11.7 Å². The molecule has 86 valence electrons. The van der Waals surface area contributed by atoms with Crippen molar-refractivity contribution in [3.05, 3.63) is 66.2 Å². The summed E-state index contributed by atoms with van der Waals surface area (Å²) in [5.74, 6) is 1.12. The minimum Gasteiger partial charge on any atom is -0.507 e. The molecule has 2 heteroatoms. The second kappa shape index (κ2) is 5.75. The molecule has 17 heavy (non-hydrogen) atoms. The summed E-state index contributed by atoms with van der Waals surface area (Å²) in [5.41, 5.74) is 0.796. The number of benzene rings is 2. The average Bonchev–Trinajstić information content (AvgIpc) is 2.38. The van der Waals surface area contributed by atoms with Crippen LogP contribution in [0.4, 0.5) is 0 Å². The molecular weight excluding hydrogens is 212 g/mol. The fourth-order valence-corrected chi connectivity index (χ4v) is 1.46. The maximum Gasteiger partial charge on any atom is 0.122 e. The quantitative estimate of drug-likeness (QED) is 0.864. The molecule has 2 aromatic carbocycles. The van der Waals surface area contributed by atoms with Crippen molar-refractivity contribution in [2.75, 3.05) is 6.61 Å². The zero-order valence-corrected chi connectivity index (χ0v) is 9.41. The van der Waals surface area contributed by atoms with Crippen LogP contribution in [0.25, 0.3) is 6.08 Å². The molecule has 0 bridgehead atoms. The first-order valence-corrected chi connectivity index (χ1v) is 5.48. The van der Waals surface area contributed by atoms with E-state index < -0.39 is 0 Å². The molecule has 0 aliphatic carbocycles. The van der Waals surface area contributed by atoms with Gasteiger partial charge in [0, 0.05) is 5.56 Å². The van der Waals surface area contributed by atoms with Gasteiger partial charge in [0.2, 0.25) is 0 Å². The lowest BCUT2D eigenvalue weighted by atomic mass is 10.2. The highest BCUT2D eigenvalue weighted by molar-refractivity contribution is 5.56. The van der Waals surface area contributed by atoms with Crippen molar-refractivity contribution in [1.29, 1.82) is 0 Å². The van der Waals surface area contributed by atoms with Crippen molar-refractivity contribution in [2.45, 2.75) is 0 Å². The van der Waals surface area contributed by atoms with E-state index in [0.29, 0.717) is 6.61 Å². The average molecular weight is 226 g/mol. The van der Waals surface area contributed by atoms with Gasteiger partial charge in [0.05, 0.1) is 0 Å². The number of para-hydroxylation sites is 2. The van der Waals surface area contributed by atoms with E-state index in [0.717, 1.165) is 11.3 Å². The Kier molecular flexibility index (Phi) is 3.81. The Morgan fingerprint density at radius 1 is 0.941 bits per heavy atom. The number of phenols is 1. The van der Waals surface area contributed by atoms with Crippen LogP contribution >= 0.6 is 0 Å². The molecule has 2 rings (SSSR count). The standard InChI is InChI=1S/C15H14O2/c16-15-11-5-4-7-13(15)8-6-12-17-14-9-2-1-3-10-14/h1-11,16H,12H2. The summed E-state index contributed by atoms with van der Waals surface area (Å²) in [7, 11) is 0. The predicted octanol–water partition coefficient (Wildman–Crippen LogP) is 3.48. The summed E-state index contributed by atoms with van der Waals surface area (Å²) < 4.78 is 5.50. The molecule has 0 aliphatic rings. The Bertz CT molecular complexity index is 489. The van der Waals surface area contributed by atoms with E-state index in [-0.39, 0.29) is 5.75 Å². The van der Waals surface area contributed by atoms with Gasteiger partial charge in [-0.05, 0) is 24.3 Å². The largest absolute Gasteiger partial charge is 0.507 e. The number of ether oxygens (including phenoxy) is 1. The number of rotatable bonds is 4. The highest BCUT2D eigenvalue weighted by atomic mass is 16.5. The van der Waals surface area contributed by atoms with Crippen LogP contribution in [0.1, 0.15) is 5.56 Å². The van der Waals surface area contributed by atoms with Crippen LogP contribution in [0.2, 0.25) is 0 Å². The maximum absolute atomic E-state index is 9.53. The molecule has 1 N–H and O–H groups in total. The molecule has 0 heterocycles. The molecule has 0 saturated carbocycles. The van der Waals surface area contributed by atoms with Crippen molar-refractivity contribution in [3.63, 3.8) is 0 Å². The minimum atomic E-state index is 0.281. The highest BCUT2D eigenvalue weighted by Crippen LogP contribution is 2.17. The second-order valence-corrected chi connectivity index (χ2v) is 3.59. The van der Waals surface area contributed by atoms with Crippen LogP contribution < -0.4 is 4.74 Å². The topological polar surface area (TPSA) is 29.5 Å². The van der Waals surface area contributed by atoms with E-state index in [1.165, 1.54) is 0 Å². The van der Waals surface area contributed by atoms with E-state index in [1.54, 1.807) is 12.1 Å². The summed E-state index contributed by atoms with van der Waals surface area (Å²) >= 11 is 0. The molecule has 2 nitrogen and oxygen atoms in total. The first-order valence-electron chi connectivity index (χ1n) is 5.48. The molecule has 0 amide bonds. The summed E-state index contributed by atoms with van der Waals surface area (Å²) in [6.07, 6.45) is 3.72. The SMILES string of the molecule is Oc1ccccc1C=CCOc1ccccc1. The van der Waals surface area contributed by atoms with Gasteiger partial charge in [0.25, 0.3) is 0 Å². The molecule has 0 fully saturated rings. The van der Waals surface area contributed by atoms with Crippen molar-refractivity contribution in [1.82, 2.24) is 0 Å². The third-order valence-electron chi connectivity index (χ3n) is 2.32. The van der Waals surface area contributed by atoms with Crippen LogP contribution in [0.3, 0.4) is 0 Å². The predicted molar refractivity (Wildman–Crippen MR) is 69.1 cm³/mol. The monoisotopic (exact) mass is 226 g/mol. The first kappa shape index (κ1) is 11.3. The van der Waals surface area contributed by atoms with Gasteiger partial charge in [0.15, 0.2) is 0 Å². The van der Waals surface area contributed by atoms with Crippen molar-refractivity contribution >= 4 is 6.08 Å². The molecule has 0 aromatic heterocycles. The smallest absolute Gasteiger partial charge is 0.122 e. The van der Waals surface area contributed by atoms with Crippen LogP contribution in [0.15, 0.2) is 60.7 Å². The van der Waals surface area contributed by atoms with Crippen molar-refractivity contribution in [3.8, 4) is 11.5 Å². The van der Waals surface area contributed by atoms with Crippen molar-refractivity contribution < 1.29 is 9.84 Å². The van der Waals surface area contributed by atoms with Gasteiger partial charge >= 0.3 is 0 Å². The van der Waals surface area contributed by atoms with Crippen molar-refractivity contribution in [2.24, 2.45) is 0 Å². The molecule has 0 saturated heterocycles. The Hall–Kier alpha value is -2.22. The Labute approximate surface area is 101 Å². The molecular formula is C15H14O2. The lowest BCUT2D eigenvalue weighted by Gasteiger charge is -2.02. The number of hydrogen-bond acceptors (Lipinski definition) is 2. The minimum absolute atomic E-state index is 0.281. The van der Waals surface area contributed by atoms with Crippen LogP contribution in [-0.2, 0) is 0 Å². The van der Waals surface area contributed by atoms with E-state index in [2.05, 4.69) is 0 Å². The molecule has 0 unspecified atom stereocenters. The van der Waals surface area contributed by atoms with Gasteiger partial charge in [-0.2, -0.15) is 0 Å². The first-order chi connectivity index (χ1) is 8.36. The number of hydrogen-bond donors (Lipinski definition) is 1. The number of aromatic hydroxyl groups is 1. The zero-order valence-electron chi connectivity index (χ0n) is 9.41. The normalized spacial score (nSPS) is 10.6. The summed E-state index contributed by atoms with van der Waals surface area (Å²) in [5, 5.41) is 9.53. The maximum atomic E-state index is 9.53. The van der Waals surface area contributed by atoms with Gasteiger partial charge in [-0.3, -0.25) is 0 Å². The van der Waals surface area contributed by atoms with Crippen LogP contribution in [0, 0.1) is 0 Å². The Balaban J connectivity index is 1.89. The van der Waals surface area contributed by atoms with Gasteiger partial charge in [0.1, 0.15) is 18.1 Å². The van der Waals surface area contributed by atoms with Gasteiger partial charge in [-0.25, -0.2) is 0 Å². The van der Waals surface area contributed by atoms with Gasteiger partial charge < -0.3 is 9.84 Å². The van der Waals surface area contributed by atoms with E-state index in [9.17, 15) is 5.11 Å². The molecule has 0 spiro atoms. The molecule has 0 radical (unpaired) electrons. The summed E-state index contributed by atoms with van der Waals surface area (Å²) in [4.78, 5) is 0. The zero-order chi connectivity index (χ0) is 11.9. The van der Waals surface area contributed by atoms with E-state index >= 15 is 0 Å². The fraction of sp³-hybridized carbons (Fsp3) is 0.0667. The lowest BCUT2D eigenvalue weighted by molar-refractivity contribution is 0.363. The third kappa shape index (κ3) is 3.38. The molecule has 0 aliphatic heterocycles. The summed E-state index contributed by atoms with van der Waals surface area (Å²) in [6, 6.07) is 16.8. The van der Waals surface area contributed by atoms with E-state index in [1.807, 2.05) is 54.6 Å². The van der Waals surface area contributed by atoms with Gasteiger partial charge in [-0.1, -0.05) is 42.5 Å². The Morgan fingerprint density at radius 2 is 1.65 bits per heavy atom. The third-order valence-corrected chi connectivity index (χ3v) is 2.32. The number of phenolic OH excluding ortho intramolecular Hbond substituents is 1. The lowest BCUT2D eigenvalue weighted by Crippen LogP contribution is -1.92. The molecule has 0 atom stereocenters. The highest BCUT2D eigenvalue weighted by Gasteiger charge is 1.93.